The van der Waals surface area contributed by atoms with Gasteiger partial charge in [0.05, 0.1) is 30.3 Å². The van der Waals surface area contributed by atoms with Gasteiger partial charge in [-0.25, -0.2) is 8.42 Å². The monoisotopic (exact) mass is 587 g/mol. The third kappa shape index (κ3) is 6.17. The first-order valence-electron chi connectivity index (χ1n) is 15.2. The minimum Gasteiger partial charge on any atom is -0.349 e. The lowest BCUT2D eigenvalue weighted by molar-refractivity contribution is -0.141. The summed E-state index contributed by atoms with van der Waals surface area (Å²) in [5.74, 6) is -1.32. The lowest BCUT2D eigenvalue weighted by Gasteiger charge is -2.36. The van der Waals surface area contributed by atoms with E-state index in [1.54, 1.807) is 18.9 Å². The number of hydrogen-bond donors (Lipinski definition) is 3. The van der Waals surface area contributed by atoms with Crippen molar-refractivity contribution in [1.29, 1.82) is 0 Å². The van der Waals surface area contributed by atoms with Gasteiger partial charge in [0, 0.05) is 19.1 Å². The van der Waals surface area contributed by atoms with Crippen LogP contribution in [0.15, 0.2) is 24.3 Å². The lowest BCUT2D eigenvalue weighted by Crippen LogP contribution is -2.58. The van der Waals surface area contributed by atoms with E-state index in [-0.39, 0.29) is 36.2 Å². The van der Waals surface area contributed by atoms with E-state index in [9.17, 15) is 22.8 Å². The Morgan fingerprint density at radius 1 is 1.00 bits per heavy atom. The second kappa shape index (κ2) is 12.4. The zero-order valence-corrected chi connectivity index (χ0v) is 25.3. The van der Waals surface area contributed by atoms with E-state index in [0.717, 1.165) is 56.9 Å². The molecule has 2 heterocycles. The van der Waals surface area contributed by atoms with Gasteiger partial charge in [0.15, 0.2) is 0 Å². The summed E-state index contributed by atoms with van der Waals surface area (Å²) in [6.45, 7) is 2.17. The van der Waals surface area contributed by atoms with Crippen molar-refractivity contribution < 1.29 is 22.8 Å². The number of likely N-dealkylation sites (tertiary alicyclic amines) is 1. The summed E-state index contributed by atoms with van der Waals surface area (Å²) in [6, 6.07) is 5.82. The highest BCUT2D eigenvalue weighted by Crippen LogP contribution is 2.39. The van der Waals surface area contributed by atoms with Crippen LogP contribution in [-0.4, -0.2) is 85.9 Å². The molecule has 1 aromatic rings. The zero-order valence-electron chi connectivity index (χ0n) is 24.5. The summed E-state index contributed by atoms with van der Waals surface area (Å²) in [7, 11) is -1.88. The molecule has 3 amide bonds. The molecular formula is C30H45N5O5S. The van der Waals surface area contributed by atoms with Gasteiger partial charge in [-0.15, -0.1) is 0 Å². The van der Waals surface area contributed by atoms with Crippen LogP contribution in [0, 0.1) is 11.8 Å². The predicted molar refractivity (Wildman–Crippen MR) is 156 cm³/mol. The number of likely N-dealkylation sites (N-methyl/N-ethyl adjacent to an activating group) is 1. The Bertz CT molecular complexity index is 1250. The third-order valence-corrected chi connectivity index (χ3v) is 11.1. The number of nitrogens with zero attached hydrogens (tertiary/aromatic N) is 2. The second-order valence-electron chi connectivity index (χ2n) is 12.4. The van der Waals surface area contributed by atoms with Crippen LogP contribution in [0.1, 0.15) is 75.5 Å². The van der Waals surface area contributed by atoms with Crippen LogP contribution in [0.2, 0.25) is 0 Å². The van der Waals surface area contributed by atoms with E-state index < -0.39 is 40.1 Å². The molecule has 0 aromatic heterocycles. The van der Waals surface area contributed by atoms with Crippen LogP contribution < -0.4 is 16.0 Å². The van der Waals surface area contributed by atoms with E-state index in [1.807, 2.05) is 12.1 Å². The average molecular weight is 588 g/mol. The van der Waals surface area contributed by atoms with Gasteiger partial charge in [0.2, 0.25) is 27.7 Å². The number of sulfonamides is 1. The molecule has 3 N–H and O–H groups in total. The number of aryl methyl sites for hydroxylation is 1. The molecule has 4 aliphatic rings. The maximum atomic E-state index is 14.3. The minimum atomic E-state index is -3.59. The van der Waals surface area contributed by atoms with Crippen molar-refractivity contribution in [3.63, 3.8) is 0 Å². The summed E-state index contributed by atoms with van der Waals surface area (Å²) in [6.07, 6.45) is 9.24. The topological polar surface area (TPSA) is 128 Å². The molecule has 5 rings (SSSR count). The molecule has 0 bridgehead atoms. The van der Waals surface area contributed by atoms with Crippen molar-refractivity contribution in [2.45, 2.75) is 94.9 Å². The number of rotatable bonds is 8. The molecule has 226 valence electrons. The van der Waals surface area contributed by atoms with Crippen molar-refractivity contribution in [3.8, 4) is 0 Å². The highest BCUT2D eigenvalue weighted by Gasteiger charge is 2.56. The fourth-order valence-electron chi connectivity index (χ4n) is 7.53. The number of amides is 3. The first-order chi connectivity index (χ1) is 19.6. The standard InChI is InChI=1S/C30H45N5O5S/c1-19(31-2)28(36)33-26(21-11-5-4-6-12-21)30(38)34-17-16-25-27(34)23(18-35(25)41(3,39)40)29(37)32-24-15-9-13-20-10-7-8-14-22(20)24/h7-8,10,14,19,21,23-27,31H,4-6,9,11-13,15-18H2,1-3H3,(H,32,37)(H,33,36). The van der Waals surface area contributed by atoms with E-state index in [4.69, 9.17) is 0 Å². The number of hydrogen-bond acceptors (Lipinski definition) is 6. The molecule has 11 heteroatoms. The summed E-state index contributed by atoms with van der Waals surface area (Å²) in [4.78, 5) is 42.9. The van der Waals surface area contributed by atoms with Crippen LogP contribution in [0.25, 0.3) is 0 Å². The van der Waals surface area contributed by atoms with Crippen molar-refractivity contribution in [2.75, 3.05) is 26.4 Å². The minimum absolute atomic E-state index is 0.0155. The quantitative estimate of drug-likeness (QED) is 0.425. The molecule has 2 aliphatic heterocycles. The first-order valence-corrected chi connectivity index (χ1v) is 17.1. The van der Waals surface area contributed by atoms with E-state index in [0.29, 0.717) is 13.0 Å². The number of carbonyl (C=O) groups is 3. The van der Waals surface area contributed by atoms with Gasteiger partial charge in [0.1, 0.15) is 6.04 Å². The molecule has 41 heavy (non-hydrogen) atoms. The lowest BCUT2D eigenvalue weighted by atomic mass is 9.83. The zero-order chi connectivity index (χ0) is 29.3. The van der Waals surface area contributed by atoms with Gasteiger partial charge in [-0.1, -0.05) is 43.5 Å². The van der Waals surface area contributed by atoms with Gasteiger partial charge in [-0.05, 0) is 69.5 Å². The van der Waals surface area contributed by atoms with Crippen molar-refractivity contribution in [2.24, 2.45) is 11.8 Å². The van der Waals surface area contributed by atoms with E-state index >= 15 is 0 Å². The maximum Gasteiger partial charge on any atom is 0.245 e. The summed E-state index contributed by atoms with van der Waals surface area (Å²) >= 11 is 0. The van der Waals surface area contributed by atoms with Crippen LogP contribution in [-0.2, 0) is 30.8 Å². The Morgan fingerprint density at radius 2 is 1.73 bits per heavy atom. The van der Waals surface area contributed by atoms with Crippen LogP contribution in [0.3, 0.4) is 0 Å². The number of carbonyl (C=O) groups excluding carboxylic acids is 3. The smallest absolute Gasteiger partial charge is 0.245 e. The van der Waals surface area contributed by atoms with Gasteiger partial charge < -0.3 is 20.9 Å². The average Bonchev–Trinajstić information content (AvgIpc) is 3.56. The normalized spacial score (nSPS) is 28.4. The molecule has 10 nitrogen and oxygen atoms in total. The fourth-order valence-corrected chi connectivity index (χ4v) is 8.69. The highest BCUT2D eigenvalue weighted by molar-refractivity contribution is 7.88. The summed E-state index contributed by atoms with van der Waals surface area (Å²) in [5.41, 5.74) is 2.34. The van der Waals surface area contributed by atoms with Crippen LogP contribution in [0.4, 0.5) is 0 Å². The summed E-state index contributed by atoms with van der Waals surface area (Å²) in [5, 5.41) is 9.21. The van der Waals surface area contributed by atoms with Gasteiger partial charge >= 0.3 is 0 Å². The largest absolute Gasteiger partial charge is 0.349 e. The first kappa shape index (κ1) is 30.0. The van der Waals surface area contributed by atoms with Crippen molar-refractivity contribution >= 4 is 27.7 Å². The van der Waals surface area contributed by atoms with Crippen molar-refractivity contribution in [1.82, 2.24) is 25.2 Å². The fraction of sp³-hybridized carbons (Fsp3) is 0.700. The Hall–Kier alpha value is -2.50. The number of nitrogens with one attached hydrogen (secondary N) is 3. The van der Waals surface area contributed by atoms with E-state index in [1.165, 1.54) is 16.1 Å². The molecule has 3 fully saturated rings. The van der Waals surface area contributed by atoms with Crippen molar-refractivity contribution in [3.05, 3.63) is 35.4 Å². The molecule has 2 saturated heterocycles. The van der Waals surface area contributed by atoms with Gasteiger partial charge in [-0.3, -0.25) is 14.4 Å². The molecule has 2 aliphatic carbocycles. The molecule has 6 unspecified atom stereocenters. The Kier molecular flexibility index (Phi) is 9.06. The summed E-state index contributed by atoms with van der Waals surface area (Å²) < 4.78 is 27.1. The molecule has 6 atom stereocenters. The van der Waals surface area contributed by atoms with Gasteiger partial charge in [0.25, 0.3) is 0 Å². The molecule has 0 radical (unpaired) electrons. The molecule has 1 aromatic carbocycles. The van der Waals surface area contributed by atoms with E-state index in [2.05, 4.69) is 28.1 Å². The van der Waals surface area contributed by atoms with Gasteiger partial charge in [-0.2, -0.15) is 4.31 Å². The Morgan fingerprint density at radius 3 is 2.44 bits per heavy atom. The molecular weight excluding hydrogens is 542 g/mol. The molecule has 1 saturated carbocycles. The van der Waals surface area contributed by atoms with Crippen LogP contribution >= 0.6 is 0 Å². The molecule has 0 spiro atoms. The number of benzene rings is 1. The second-order valence-corrected chi connectivity index (χ2v) is 14.3. The Labute approximate surface area is 244 Å². The van der Waals surface area contributed by atoms with Crippen LogP contribution in [0.5, 0.6) is 0 Å². The highest BCUT2D eigenvalue weighted by atomic mass is 32.2. The predicted octanol–water partition coefficient (Wildman–Crippen LogP) is 1.71. The maximum absolute atomic E-state index is 14.3. The number of fused-ring (bicyclic) bond motifs is 2. The third-order valence-electron chi connectivity index (χ3n) is 9.82. The Balaban J connectivity index is 1.41. The SMILES string of the molecule is CNC(C)C(=O)NC(C(=O)N1CCC2C1C(C(=O)NC1CCCc3ccccc31)CN2S(C)(=O)=O)C1CCCCC1.